The van der Waals surface area contributed by atoms with Crippen LogP contribution in [0.5, 0.6) is 0 Å². The first-order valence-corrected chi connectivity index (χ1v) is 2.84. The zero-order valence-corrected chi connectivity index (χ0v) is 4.83. The van der Waals surface area contributed by atoms with Gasteiger partial charge in [0.05, 0.1) is 6.21 Å². The summed E-state index contributed by atoms with van der Waals surface area (Å²) in [5.74, 6) is 0.831. The van der Waals surface area contributed by atoms with E-state index in [4.69, 9.17) is 0 Å². The van der Waals surface area contributed by atoms with Gasteiger partial charge in [0.2, 0.25) is 0 Å². The molecule has 0 saturated carbocycles. The summed E-state index contributed by atoms with van der Waals surface area (Å²) in [5, 5.41) is 0. The molecule has 0 N–H and O–H groups in total. The molecule has 43 valence electrons. The van der Waals surface area contributed by atoms with Crippen molar-refractivity contribution in [2.24, 2.45) is 4.99 Å². The standard InChI is InChI=1S/C7H5N2/c1-2-6-3-5-9-7(6)8-4-1/h1-2,4H,3H2. The van der Waals surface area contributed by atoms with Crippen molar-refractivity contribution in [3.8, 4) is 0 Å². The van der Waals surface area contributed by atoms with Crippen LogP contribution in [0.25, 0.3) is 0 Å². The number of hydrogen-bond donors (Lipinski definition) is 0. The first-order chi connectivity index (χ1) is 4.47. The Balaban J connectivity index is 2.63. The molecular formula is C7H5N2. The number of pyridine rings is 1. The van der Waals surface area contributed by atoms with Gasteiger partial charge in [-0.1, -0.05) is 6.07 Å². The van der Waals surface area contributed by atoms with E-state index in [1.54, 1.807) is 6.20 Å². The molecule has 0 aromatic carbocycles. The molecule has 2 heteroatoms. The zero-order valence-electron chi connectivity index (χ0n) is 4.83. The summed E-state index contributed by atoms with van der Waals surface area (Å²) in [5.41, 5.74) is 1.18. The van der Waals surface area contributed by atoms with E-state index in [1.165, 1.54) is 5.56 Å². The predicted molar refractivity (Wildman–Crippen MR) is 35.0 cm³/mol. The van der Waals surface area contributed by atoms with Crippen LogP contribution in [-0.4, -0.2) is 11.2 Å². The topological polar surface area (TPSA) is 25.2 Å². The van der Waals surface area contributed by atoms with Gasteiger partial charge in [-0.05, 0) is 6.07 Å². The van der Waals surface area contributed by atoms with E-state index in [-0.39, 0.29) is 0 Å². The van der Waals surface area contributed by atoms with Gasteiger partial charge in [-0.3, -0.25) is 0 Å². The van der Waals surface area contributed by atoms with Crippen LogP contribution >= 0.6 is 0 Å². The van der Waals surface area contributed by atoms with Crippen LogP contribution in [0, 0.1) is 0 Å². The average Bonchev–Trinajstić information content (AvgIpc) is 2.33. The monoisotopic (exact) mass is 117 g/mol. The summed E-state index contributed by atoms with van der Waals surface area (Å²) in [7, 11) is 0. The third-order valence-corrected chi connectivity index (χ3v) is 1.32. The van der Waals surface area contributed by atoms with Crippen molar-refractivity contribution in [3.63, 3.8) is 0 Å². The molecule has 2 heterocycles. The number of nitrogens with zero attached hydrogens (tertiary/aromatic N) is 2. The molecule has 0 fully saturated rings. The molecule has 0 saturated heterocycles. The molecule has 0 spiro atoms. The van der Waals surface area contributed by atoms with Crippen LogP contribution < -0.4 is 0 Å². The minimum Gasteiger partial charge on any atom is -0.237 e. The van der Waals surface area contributed by atoms with E-state index >= 15 is 0 Å². The van der Waals surface area contributed by atoms with E-state index < -0.39 is 0 Å². The lowest BCUT2D eigenvalue weighted by molar-refractivity contribution is 1.25. The molecule has 2 nitrogen and oxygen atoms in total. The molecule has 0 aliphatic carbocycles. The fourth-order valence-corrected chi connectivity index (χ4v) is 0.869. The van der Waals surface area contributed by atoms with E-state index in [0.717, 1.165) is 12.2 Å². The Bertz CT molecular complexity index is 253. The number of rotatable bonds is 0. The van der Waals surface area contributed by atoms with Crippen molar-refractivity contribution in [3.05, 3.63) is 23.9 Å². The summed E-state index contributed by atoms with van der Waals surface area (Å²) in [6.07, 6.45) is 5.42. The maximum Gasteiger partial charge on any atom is 0.155 e. The van der Waals surface area contributed by atoms with Gasteiger partial charge in [-0.15, -0.1) is 0 Å². The summed E-state index contributed by atoms with van der Waals surface area (Å²) >= 11 is 0. The Kier molecular flexibility index (Phi) is 0.859. The Labute approximate surface area is 53.3 Å². The fourth-order valence-electron chi connectivity index (χ4n) is 0.869. The van der Waals surface area contributed by atoms with Gasteiger partial charge in [0.25, 0.3) is 0 Å². The van der Waals surface area contributed by atoms with Crippen molar-refractivity contribution in [1.82, 2.24) is 4.98 Å². The van der Waals surface area contributed by atoms with Crippen molar-refractivity contribution in [2.75, 3.05) is 0 Å². The third-order valence-electron chi connectivity index (χ3n) is 1.32. The van der Waals surface area contributed by atoms with Crippen LogP contribution in [0.1, 0.15) is 5.56 Å². The van der Waals surface area contributed by atoms with Gasteiger partial charge in [-0.2, -0.15) is 0 Å². The maximum absolute atomic E-state index is 4.03. The normalized spacial score (nSPS) is 13.8. The van der Waals surface area contributed by atoms with Gasteiger partial charge in [0.15, 0.2) is 5.82 Å². The van der Waals surface area contributed by atoms with Crippen molar-refractivity contribution >= 4 is 12.0 Å². The van der Waals surface area contributed by atoms with E-state index in [2.05, 4.69) is 16.2 Å². The smallest absolute Gasteiger partial charge is 0.155 e. The molecule has 2 rings (SSSR count). The van der Waals surface area contributed by atoms with Gasteiger partial charge in [-0.25, -0.2) is 9.98 Å². The highest BCUT2D eigenvalue weighted by atomic mass is 14.9. The second kappa shape index (κ2) is 1.65. The molecule has 1 aliphatic rings. The van der Waals surface area contributed by atoms with Crippen LogP contribution in [0.15, 0.2) is 23.3 Å². The molecule has 0 atom stereocenters. The Morgan fingerprint density at radius 1 is 1.56 bits per heavy atom. The number of hydrogen-bond acceptors (Lipinski definition) is 2. The van der Waals surface area contributed by atoms with Gasteiger partial charge in [0, 0.05) is 18.2 Å². The predicted octanol–water partition coefficient (Wildman–Crippen LogP) is 1.22. The van der Waals surface area contributed by atoms with E-state index in [9.17, 15) is 0 Å². The highest BCUT2D eigenvalue weighted by Crippen LogP contribution is 2.18. The van der Waals surface area contributed by atoms with E-state index in [1.807, 2.05) is 12.1 Å². The second-order valence-corrected chi connectivity index (χ2v) is 1.93. The molecule has 1 aromatic rings. The van der Waals surface area contributed by atoms with Gasteiger partial charge in [0.1, 0.15) is 0 Å². The molecule has 1 aromatic heterocycles. The minimum absolute atomic E-state index is 0.823. The van der Waals surface area contributed by atoms with Crippen LogP contribution in [0.2, 0.25) is 0 Å². The van der Waals surface area contributed by atoms with Crippen molar-refractivity contribution < 1.29 is 0 Å². The Morgan fingerprint density at radius 2 is 2.56 bits per heavy atom. The molecule has 0 bridgehead atoms. The molecular weight excluding hydrogens is 112 g/mol. The third kappa shape index (κ3) is 0.633. The maximum atomic E-state index is 4.03. The van der Waals surface area contributed by atoms with Crippen molar-refractivity contribution in [2.45, 2.75) is 6.42 Å². The molecule has 9 heavy (non-hydrogen) atoms. The molecule has 0 amide bonds. The van der Waals surface area contributed by atoms with Crippen LogP contribution in [0.4, 0.5) is 5.82 Å². The fraction of sp³-hybridized carbons (Fsp3) is 0.143. The van der Waals surface area contributed by atoms with Crippen LogP contribution in [-0.2, 0) is 6.42 Å². The highest BCUT2D eigenvalue weighted by Gasteiger charge is 2.04. The highest BCUT2D eigenvalue weighted by molar-refractivity contribution is 5.73. The molecule has 1 aliphatic heterocycles. The number of aliphatic imine (C=N–C) groups is 1. The first kappa shape index (κ1) is 4.68. The molecule has 0 unspecified atom stereocenters. The van der Waals surface area contributed by atoms with Crippen LogP contribution in [0.3, 0.4) is 0 Å². The summed E-state index contributed by atoms with van der Waals surface area (Å²) in [4.78, 5) is 7.97. The summed E-state index contributed by atoms with van der Waals surface area (Å²) in [6, 6.07) is 3.94. The Morgan fingerprint density at radius 3 is 3.44 bits per heavy atom. The molecule has 1 radical (unpaired) electrons. The lowest BCUT2D eigenvalue weighted by Crippen LogP contribution is -1.78. The number of aromatic nitrogens is 1. The van der Waals surface area contributed by atoms with Gasteiger partial charge < -0.3 is 0 Å². The lowest BCUT2D eigenvalue weighted by Gasteiger charge is -1.90. The SMILES string of the molecule is [C]1=Nc2ncccc2C1. The van der Waals surface area contributed by atoms with Crippen molar-refractivity contribution in [1.29, 1.82) is 0 Å². The first-order valence-electron chi connectivity index (χ1n) is 2.84. The summed E-state index contributed by atoms with van der Waals surface area (Å²) < 4.78 is 0. The summed E-state index contributed by atoms with van der Waals surface area (Å²) in [6.45, 7) is 0. The van der Waals surface area contributed by atoms with E-state index in [0.29, 0.717) is 0 Å². The Hall–Kier alpha value is -1.18. The largest absolute Gasteiger partial charge is 0.237 e. The average molecular weight is 117 g/mol. The minimum atomic E-state index is 0.823. The lowest BCUT2D eigenvalue weighted by atomic mass is 10.2. The second-order valence-electron chi connectivity index (χ2n) is 1.93. The zero-order chi connectivity index (χ0) is 6.10. The van der Waals surface area contributed by atoms with Gasteiger partial charge >= 0.3 is 0 Å². The quantitative estimate of drug-likeness (QED) is 0.501. The number of fused-ring (bicyclic) bond motifs is 1.